The lowest BCUT2D eigenvalue weighted by Crippen LogP contribution is -2.47. The number of likely N-dealkylation sites (tertiary alicyclic amines) is 1. The molecule has 3 rings (SSSR count). The summed E-state index contributed by atoms with van der Waals surface area (Å²) in [5.74, 6) is 0.666. The molecule has 0 saturated carbocycles. The predicted molar refractivity (Wildman–Crippen MR) is 80.9 cm³/mol. The van der Waals surface area contributed by atoms with Crippen LogP contribution in [0.15, 0.2) is 12.3 Å². The summed E-state index contributed by atoms with van der Waals surface area (Å²) in [5, 5.41) is 7.74. The Morgan fingerprint density at radius 2 is 2.00 bits per heavy atom. The first-order valence-electron chi connectivity index (χ1n) is 7.96. The zero-order valence-electron chi connectivity index (χ0n) is 12.6. The number of piperidine rings is 1. The smallest absolute Gasteiger partial charge is 0.0492 e. The van der Waals surface area contributed by atoms with Crippen molar-refractivity contribution in [2.45, 2.75) is 18.8 Å². The molecule has 5 nitrogen and oxygen atoms in total. The van der Waals surface area contributed by atoms with Crippen LogP contribution in [0.1, 0.15) is 24.5 Å². The maximum atomic E-state index is 4.32. The van der Waals surface area contributed by atoms with E-state index >= 15 is 0 Å². The van der Waals surface area contributed by atoms with Crippen molar-refractivity contribution in [3.8, 4) is 0 Å². The summed E-state index contributed by atoms with van der Waals surface area (Å²) in [6.07, 6.45) is 4.55. The van der Waals surface area contributed by atoms with Crippen LogP contribution in [0, 0.1) is 0 Å². The Balaban J connectivity index is 1.49. The van der Waals surface area contributed by atoms with Gasteiger partial charge in [-0.05, 0) is 25.5 Å². The number of nitrogens with zero attached hydrogens (tertiary/aromatic N) is 4. The van der Waals surface area contributed by atoms with Gasteiger partial charge < -0.3 is 10.2 Å². The molecule has 0 aliphatic carbocycles. The highest BCUT2D eigenvalue weighted by molar-refractivity contribution is 5.09. The zero-order chi connectivity index (χ0) is 13.8. The van der Waals surface area contributed by atoms with Gasteiger partial charge in [0.05, 0.1) is 0 Å². The van der Waals surface area contributed by atoms with Crippen molar-refractivity contribution in [3.05, 3.63) is 18.0 Å². The summed E-state index contributed by atoms with van der Waals surface area (Å²) < 4.78 is 2.05. The Labute approximate surface area is 121 Å². The van der Waals surface area contributed by atoms with Gasteiger partial charge in [-0.15, -0.1) is 0 Å². The average molecular weight is 277 g/mol. The fraction of sp³-hybridized carbons (Fsp3) is 0.800. The van der Waals surface area contributed by atoms with Crippen LogP contribution in [0.25, 0.3) is 0 Å². The minimum Gasteiger partial charge on any atom is -0.314 e. The van der Waals surface area contributed by atoms with Crippen LogP contribution in [0.4, 0.5) is 0 Å². The Kier molecular flexibility index (Phi) is 4.70. The van der Waals surface area contributed by atoms with Gasteiger partial charge >= 0.3 is 0 Å². The second-order valence-electron chi connectivity index (χ2n) is 6.11. The Morgan fingerprint density at radius 3 is 2.75 bits per heavy atom. The molecule has 1 unspecified atom stereocenters. The van der Waals surface area contributed by atoms with Crippen LogP contribution in [0.2, 0.25) is 0 Å². The normalized spacial score (nSPS) is 25.9. The molecule has 0 bridgehead atoms. The monoisotopic (exact) mass is 277 g/mol. The summed E-state index contributed by atoms with van der Waals surface area (Å²) in [4.78, 5) is 5.23. The van der Waals surface area contributed by atoms with Crippen LogP contribution in [-0.2, 0) is 7.05 Å². The van der Waals surface area contributed by atoms with Gasteiger partial charge in [-0.1, -0.05) is 0 Å². The third-order valence-electron chi connectivity index (χ3n) is 4.72. The van der Waals surface area contributed by atoms with Crippen molar-refractivity contribution in [2.75, 3.05) is 52.4 Å². The lowest BCUT2D eigenvalue weighted by atomic mass is 9.94. The molecule has 0 radical (unpaired) electrons. The molecule has 5 heteroatoms. The highest BCUT2D eigenvalue weighted by Gasteiger charge is 2.23. The second kappa shape index (κ2) is 6.70. The second-order valence-corrected chi connectivity index (χ2v) is 6.11. The van der Waals surface area contributed by atoms with Gasteiger partial charge in [-0.25, -0.2) is 0 Å². The topological polar surface area (TPSA) is 36.3 Å². The molecular formula is C15H27N5. The molecule has 2 aliphatic heterocycles. The summed E-state index contributed by atoms with van der Waals surface area (Å²) in [6, 6.07) is 2.18. The van der Waals surface area contributed by atoms with Gasteiger partial charge in [0.1, 0.15) is 0 Å². The van der Waals surface area contributed by atoms with Gasteiger partial charge in [0.25, 0.3) is 0 Å². The number of piperazine rings is 1. The van der Waals surface area contributed by atoms with Crippen LogP contribution in [-0.4, -0.2) is 71.9 Å². The largest absolute Gasteiger partial charge is 0.314 e. The summed E-state index contributed by atoms with van der Waals surface area (Å²) in [5.41, 5.74) is 1.40. The van der Waals surface area contributed by atoms with E-state index in [0.29, 0.717) is 5.92 Å². The van der Waals surface area contributed by atoms with Crippen LogP contribution >= 0.6 is 0 Å². The number of aromatic nitrogens is 2. The van der Waals surface area contributed by atoms with Gasteiger partial charge in [0.15, 0.2) is 0 Å². The third kappa shape index (κ3) is 3.40. The number of rotatable bonds is 4. The lowest BCUT2D eigenvalue weighted by molar-refractivity contribution is 0.159. The van der Waals surface area contributed by atoms with E-state index in [1.54, 1.807) is 0 Å². The maximum absolute atomic E-state index is 4.32. The van der Waals surface area contributed by atoms with Crippen molar-refractivity contribution in [3.63, 3.8) is 0 Å². The number of aryl methyl sites for hydroxylation is 1. The van der Waals surface area contributed by atoms with Crippen molar-refractivity contribution < 1.29 is 0 Å². The van der Waals surface area contributed by atoms with E-state index in [1.165, 1.54) is 57.8 Å². The van der Waals surface area contributed by atoms with Crippen molar-refractivity contribution >= 4 is 0 Å². The molecule has 0 spiro atoms. The molecule has 1 aromatic heterocycles. The van der Waals surface area contributed by atoms with E-state index in [-0.39, 0.29) is 0 Å². The quantitative estimate of drug-likeness (QED) is 0.870. The van der Waals surface area contributed by atoms with E-state index in [2.05, 4.69) is 33.3 Å². The maximum Gasteiger partial charge on any atom is 0.0492 e. The average Bonchev–Trinajstić information content (AvgIpc) is 2.93. The fourth-order valence-electron chi connectivity index (χ4n) is 3.50. The minimum atomic E-state index is 0.666. The fourth-order valence-corrected chi connectivity index (χ4v) is 3.50. The molecular weight excluding hydrogens is 250 g/mol. The van der Waals surface area contributed by atoms with Gasteiger partial charge in [0.2, 0.25) is 0 Å². The van der Waals surface area contributed by atoms with Gasteiger partial charge in [-0.3, -0.25) is 9.58 Å². The lowest BCUT2D eigenvalue weighted by Gasteiger charge is -2.35. The van der Waals surface area contributed by atoms with Crippen molar-refractivity contribution in [1.82, 2.24) is 24.9 Å². The van der Waals surface area contributed by atoms with Crippen molar-refractivity contribution in [1.29, 1.82) is 0 Å². The van der Waals surface area contributed by atoms with E-state index in [0.717, 1.165) is 13.1 Å². The molecule has 3 heterocycles. The number of hydrogen-bond acceptors (Lipinski definition) is 4. The first-order valence-corrected chi connectivity index (χ1v) is 7.96. The Morgan fingerprint density at radius 1 is 1.20 bits per heavy atom. The molecule has 2 saturated heterocycles. The van der Waals surface area contributed by atoms with Crippen molar-refractivity contribution in [2.24, 2.45) is 7.05 Å². The molecule has 0 aromatic carbocycles. The molecule has 2 fully saturated rings. The third-order valence-corrected chi connectivity index (χ3v) is 4.72. The predicted octanol–water partition coefficient (Wildman–Crippen LogP) is 0.505. The molecule has 1 aromatic rings. The van der Waals surface area contributed by atoms with E-state index in [4.69, 9.17) is 0 Å². The SMILES string of the molecule is Cn1nccc1C1CCCN(CCN2CCNCC2)C1. The minimum absolute atomic E-state index is 0.666. The Bertz CT molecular complexity index is 410. The molecule has 0 amide bonds. The van der Waals surface area contributed by atoms with Gasteiger partial charge in [-0.2, -0.15) is 5.10 Å². The zero-order valence-corrected chi connectivity index (χ0v) is 12.6. The summed E-state index contributed by atoms with van der Waals surface area (Å²) in [7, 11) is 2.06. The highest BCUT2D eigenvalue weighted by atomic mass is 15.3. The van der Waals surface area contributed by atoms with Crippen LogP contribution in [0.5, 0.6) is 0 Å². The highest BCUT2D eigenvalue weighted by Crippen LogP contribution is 2.26. The molecule has 20 heavy (non-hydrogen) atoms. The first-order chi connectivity index (χ1) is 9.83. The number of hydrogen-bond donors (Lipinski definition) is 1. The van der Waals surface area contributed by atoms with E-state index in [9.17, 15) is 0 Å². The van der Waals surface area contributed by atoms with Crippen LogP contribution in [0.3, 0.4) is 0 Å². The summed E-state index contributed by atoms with van der Waals surface area (Å²) in [6.45, 7) is 9.62. The molecule has 1 N–H and O–H groups in total. The first kappa shape index (κ1) is 14.0. The van der Waals surface area contributed by atoms with E-state index in [1.807, 2.05) is 10.9 Å². The Hall–Kier alpha value is -0.910. The standard InChI is InChI=1S/C15H27N5/c1-18-15(4-5-17-18)14-3-2-8-20(13-14)12-11-19-9-6-16-7-10-19/h4-5,14,16H,2-3,6-13H2,1H3. The molecule has 1 atom stereocenters. The van der Waals surface area contributed by atoms with E-state index < -0.39 is 0 Å². The summed E-state index contributed by atoms with van der Waals surface area (Å²) >= 11 is 0. The molecule has 112 valence electrons. The van der Waals surface area contributed by atoms with Crippen LogP contribution < -0.4 is 5.32 Å². The number of nitrogens with one attached hydrogen (secondary N) is 1. The molecule has 2 aliphatic rings. The van der Waals surface area contributed by atoms with Gasteiger partial charge in [0, 0.05) is 70.7 Å².